The first-order valence-corrected chi connectivity index (χ1v) is 6.29. The van der Waals surface area contributed by atoms with E-state index in [2.05, 4.69) is 13.2 Å². The maximum Gasteiger partial charge on any atom is 0.328 e. The van der Waals surface area contributed by atoms with Crippen LogP contribution in [0.1, 0.15) is 6.42 Å². The molecule has 1 amide bonds. The van der Waals surface area contributed by atoms with Crippen molar-refractivity contribution < 1.29 is 28.6 Å². The summed E-state index contributed by atoms with van der Waals surface area (Å²) in [5.41, 5.74) is -1.84. The van der Waals surface area contributed by atoms with Gasteiger partial charge in [-0.1, -0.05) is 12.2 Å². The highest BCUT2D eigenvalue weighted by Gasteiger charge is 2.64. The second kappa shape index (κ2) is 7.03. The minimum absolute atomic E-state index is 0.0569. The number of rotatable bonds is 7. The zero-order valence-electron chi connectivity index (χ0n) is 12.2. The predicted molar refractivity (Wildman–Crippen MR) is 72.9 cm³/mol. The minimum Gasteiger partial charge on any atom is -0.468 e. The van der Waals surface area contributed by atoms with Gasteiger partial charge < -0.3 is 19.1 Å². The van der Waals surface area contributed by atoms with E-state index in [0.29, 0.717) is 0 Å². The van der Waals surface area contributed by atoms with Crippen LogP contribution >= 0.6 is 0 Å². The minimum atomic E-state index is -1.84. The van der Waals surface area contributed by atoms with Gasteiger partial charge in [-0.15, -0.1) is 13.2 Å². The van der Waals surface area contributed by atoms with Gasteiger partial charge >= 0.3 is 11.9 Å². The first-order valence-electron chi connectivity index (χ1n) is 6.29. The molecule has 7 heteroatoms. The molecule has 0 radical (unpaired) electrons. The van der Waals surface area contributed by atoms with Crippen LogP contribution in [-0.2, 0) is 28.6 Å². The molecule has 1 rings (SSSR count). The van der Waals surface area contributed by atoms with Crippen molar-refractivity contribution >= 4 is 17.8 Å². The summed E-state index contributed by atoms with van der Waals surface area (Å²) in [6.07, 6.45) is 1.43. The van der Waals surface area contributed by atoms with E-state index in [9.17, 15) is 14.4 Å². The SMILES string of the molecule is C=CCOC1N(CC=C)C(=O)CC1(C(=O)OC)C(=O)OC. The summed E-state index contributed by atoms with van der Waals surface area (Å²) >= 11 is 0. The number of methoxy groups -OCH3 is 2. The summed E-state index contributed by atoms with van der Waals surface area (Å²) in [6.45, 7) is 7.25. The number of carbonyl (C=O) groups is 3. The Labute approximate surface area is 123 Å². The number of hydrogen-bond donors (Lipinski definition) is 0. The van der Waals surface area contributed by atoms with Crippen LogP contribution in [0.2, 0.25) is 0 Å². The van der Waals surface area contributed by atoms with Gasteiger partial charge in [0.05, 0.1) is 27.2 Å². The summed E-state index contributed by atoms with van der Waals surface area (Å²) < 4.78 is 14.9. The Bertz CT molecular complexity index is 442. The Morgan fingerprint density at radius 2 is 1.86 bits per heavy atom. The normalized spacial score (nSPS) is 20.0. The number of nitrogens with zero attached hydrogens (tertiary/aromatic N) is 1. The van der Waals surface area contributed by atoms with E-state index in [0.717, 1.165) is 14.2 Å². The lowest BCUT2D eigenvalue weighted by atomic mass is 9.85. The van der Waals surface area contributed by atoms with Crippen molar-refractivity contribution in [3.05, 3.63) is 25.3 Å². The molecule has 116 valence electrons. The molecule has 0 aromatic carbocycles. The number of likely N-dealkylation sites (tertiary alicyclic amines) is 1. The average molecular weight is 297 g/mol. The van der Waals surface area contributed by atoms with Crippen molar-refractivity contribution in [2.45, 2.75) is 12.6 Å². The maximum absolute atomic E-state index is 12.2. The summed E-state index contributed by atoms with van der Waals surface area (Å²) in [6, 6.07) is 0. The first-order chi connectivity index (χ1) is 9.99. The smallest absolute Gasteiger partial charge is 0.328 e. The first kappa shape index (κ1) is 16.9. The molecular formula is C14H19NO6. The Balaban J connectivity index is 3.32. The molecule has 0 aliphatic carbocycles. The number of esters is 2. The lowest BCUT2D eigenvalue weighted by Gasteiger charge is -2.32. The molecule has 1 aliphatic heterocycles. The van der Waals surface area contributed by atoms with Crippen molar-refractivity contribution in [3.63, 3.8) is 0 Å². The zero-order chi connectivity index (χ0) is 16.0. The van der Waals surface area contributed by atoms with Crippen LogP contribution in [0, 0.1) is 5.41 Å². The molecule has 1 unspecified atom stereocenters. The molecule has 0 saturated carbocycles. The molecule has 0 N–H and O–H groups in total. The lowest BCUT2D eigenvalue weighted by Crippen LogP contribution is -2.52. The number of carbonyl (C=O) groups excluding carboxylic acids is 3. The molecule has 0 aromatic heterocycles. The summed E-state index contributed by atoms with van der Waals surface area (Å²) in [5, 5.41) is 0. The van der Waals surface area contributed by atoms with Crippen molar-refractivity contribution in [2.75, 3.05) is 27.4 Å². The van der Waals surface area contributed by atoms with Crippen molar-refractivity contribution in [1.82, 2.24) is 4.90 Å². The molecule has 1 aliphatic rings. The molecule has 7 nitrogen and oxygen atoms in total. The molecule has 0 aromatic rings. The molecule has 0 spiro atoms. The van der Waals surface area contributed by atoms with Gasteiger partial charge in [-0.05, 0) is 0 Å². The monoisotopic (exact) mass is 297 g/mol. The van der Waals surface area contributed by atoms with E-state index in [-0.39, 0.29) is 19.6 Å². The standard InChI is InChI=1S/C14H19NO6/c1-5-7-15-10(16)9-14(12(17)19-3,13(18)20-4)11(15)21-8-6-2/h5-6,11H,1-2,7-9H2,3-4H3. The quantitative estimate of drug-likeness (QED) is 0.381. The number of amides is 1. The Hall–Kier alpha value is -2.15. The molecule has 0 bridgehead atoms. The van der Waals surface area contributed by atoms with Crippen LogP contribution < -0.4 is 0 Å². The van der Waals surface area contributed by atoms with E-state index in [1.807, 2.05) is 0 Å². The number of ether oxygens (including phenoxy) is 3. The van der Waals surface area contributed by atoms with Crippen molar-refractivity contribution in [2.24, 2.45) is 5.41 Å². The van der Waals surface area contributed by atoms with Crippen molar-refractivity contribution in [1.29, 1.82) is 0 Å². The maximum atomic E-state index is 12.2. The van der Waals surface area contributed by atoms with Crippen LogP contribution in [0.5, 0.6) is 0 Å². The highest BCUT2D eigenvalue weighted by Crippen LogP contribution is 2.41. The zero-order valence-corrected chi connectivity index (χ0v) is 12.2. The third-order valence-corrected chi connectivity index (χ3v) is 3.25. The van der Waals surface area contributed by atoms with Crippen LogP contribution in [0.3, 0.4) is 0 Å². The van der Waals surface area contributed by atoms with Gasteiger partial charge in [-0.25, -0.2) is 0 Å². The van der Waals surface area contributed by atoms with Gasteiger partial charge in [0.2, 0.25) is 11.3 Å². The second-order valence-corrected chi connectivity index (χ2v) is 4.44. The molecule has 1 saturated heterocycles. The van der Waals surface area contributed by atoms with Crippen LogP contribution in [-0.4, -0.2) is 56.3 Å². The highest BCUT2D eigenvalue weighted by atomic mass is 16.6. The summed E-state index contributed by atoms with van der Waals surface area (Å²) in [5.74, 6) is -2.16. The number of hydrogen-bond acceptors (Lipinski definition) is 6. The fourth-order valence-corrected chi connectivity index (χ4v) is 2.35. The van der Waals surface area contributed by atoms with Gasteiger partial charge in [0.15, 0.2) is 6.23 Å². The topological polar surface area (TPSA) is 82.1 Å². The third-order valence-electron chi connectivity index (χ3n) is 3.25. The van der Waals surface area contributed by atoms with Crippen molar-refractivity contribution in [3.8, 4) is 0 Å². The molecule has 1 heterocycles. The Kier molecular flexibility index (Phi) is 5.66. The van der Waals surface area contributed by atoms with Crippen LogP contribution in [0.4, 0.5) is 0 Å². The Morgan fingerprint density at radius 3 is 2.29 bits per heavy atom. The van der Waals surface area contributed by atoms with E-state index in [4.69, 9.17) is 14.2 Å². The van der Waals surface area contributed by atoms with Gasteiger partial charge in [0, 0.05) is 6.54 Å². The second-order valence-electron chi connectivity index (χ2n) is 4.44. The van der Waals surface area contributed by atoms with Gasteiger partial charge in [-0.3, -0.25) is 14.4 Å². The van der Waals surface area contributed by atoms with E-state index >= 15 is 0 Å². The van der Waals surface area contributed by atoms with Crippen LogP contribution in [0.15, 0.2) is 25.3 Å². The predicted octanol–water partition coefficient (Wildman–Crippen LogP) is 0.266. The highest BCUT2D eigenvalue weighted by molar-refractivity contribution is 6.06. The largest absolute Gasteiger partial charge is 0.468 e. The molecule has 1 atom stereocenters. The van der Waals surface area contributed by atoms with Gasteiger partial charge in [-0.2, -0.15) is 0 Å². The fraction of sp³-hybridized carbons (Fsp3) is 0.500. The molecule has 1 fully saturated rings. The van der Waals surface area contributed by atoms with E-state index < -0.39 is 29.5 Å². The fourth-order valence-electron chi connectivity index (χ4n) is 2.35. The van der Waals surface area contributed by atoms with E-state index in [1.54, 1.807) is 0 Å². The van der Waals surface area contributed by atoms with Gasteiger partial charge in [0.25, 0.3) is 0 Å². The van der Waals surface area contributed by atoms with E-state index in [1.165, 1.54) is 17.1 Å². The molecule has 21 heavy (non-hydrogen) atoms. The third kappa shape index (κ3) is 2.82. The summed E-state index contributed by atoms with van der Waals surface area (Å²) in [7, 11) is 2.27. The van der Waals surface area contributed by atoms with Crippen LogP contribution in [0.25, 0.3) is 0 Å². The molecular weight excluding hydrogens is 278 g/mol. The lowest BCUT2D eigenvalue weighted by molar-refractivity contribution is -0.184. The summed E-state index contributed by atoms with van der Waals surface area (Å²) in [4.78, 5) is 37.7. The van der Waals surface area contributed by atoms with Gasteiger partial charge in [0.1, 0.15) is 0 Å². The Morgan fingerprint density at radius 1 is 1.29 bits per heavy atom. The average Bonchev–Trinajstić information content (AvgIpc) is 2.77.